The summed E-state index contributed by atoms with van der Waals surface area (Å²) in [4.78, 5) is 23.0. The van der Waals surface area contributed by atoms with Crippen LogP contribution >= 0.6 is 16.5 Å². The molecule has 0 fully saturated rings. The zero-order valence-electron chi connectivity index (χ0n) is 9.79. The van der Waals surface area contributed by atoms with E-state index in [1.807, 2.05) is 36.4 Å². The van der Waals surface area contributed by atoms with Gasteiger partial charge in [-0.25, -0.2) is 4.31 Å². The van der Waals surface area contributed by atoms with Crippen molar-refractivity contribution in [3.63, 3.8) is 0 Å². The van der Waals surface area contributed by atoms with Gasteiger partial charge in [-0.3, -0.25) is 19.1 Å². The van der Waals surface area contributed by atoms with Gasteiger partial charge in [0.25, 0.3) is 0 Å². The molecule has 7 nitrogen and oxygen atoms in total. The second-order valence-corrected chi connectivity index (χ2v) is 4.56. The third-order valence-corrected chi connectivity index (χ3v) is 2.70. The van der Waals surface area contributed by atoms with Crippen molar-refractivity contribution in [2.75, 3.05) is 0 Å². The second kappa shape index (κ2) is 13.1. The van der Waals surface area contributed by atoms with Gasteiger partial charge in [0, 0.05) is 24.8 Å². The molecule has 0 aromatic carbocycles. The minimum Gasteiger partial charge on any atom is -0.326 e. The van der Waals surface area contributed by atoms with Gasteiger partial charge in [-0.1, -0.05) is 12.1 Å². The molecule has 2 aromatic heterocycles. The number of hydrogen-bond acceptors (Lipinski definition) is 5. The molecule has 0 spiro atoms. The summed E-state index contributed by atoms with van der Waals surface area (Å²) in [6, 6.07) is 11.4. The Morgan fingerprint density at radius 1 is 0.684 bits per heavy atom. The standard InChI is InChI=1S/2C5H5N.H4O5P2/c2*1-2-4-6-5-3-1;1-6(2)5-7(3)4/h2*1-5H;6-7H,(H,1,2)(H,3,4). The molecule has 2 unspecified atom stereocenters. The zero-order valence-corrected chi connectivity index (χ0v) is 11.8. The molecule has 0 saturated heterocycles. The first-order chi connectivity index (χ1) is 9.13. The Morgan fingerprint density at radius 3 is 1.05 bits per heavy atom. The first-order valence-corrected chi connectivity index (χ1v) is 7.49. The predicted molar refractivity (Wildman–Crippen MR) is 72.0 cm³/mol. The maximum Gasteiger partial charge on any atom is 0.323 e. The summed E-state index contributed by atoms with van der Waals surface area (Å²) in [6.45, 7) is 0. The predicted octanol–water partition coefficient (Wildman–Crippen LogP) is 1.93. The maximum atomic E-state index is 9.44. The second-order valence-electron chi connectivity index (χ2n) is 2.68. The third kappa shape index (κ3) is 16.6. The number of pyridine rings is 2. The molecule has 0 radical (unpaired) electrons. The Bertz CT molecular complexity index is 361. The van der Waals surface area contributed by atoms with Crippen LogP contribution in [0.5, 0.6) is 0 Å². The highest BCUT2D eigenvalue weighted by Crippen LogP contribution is 2.30. The van der Waals surface area contributed by atoms with Crippen LogP contribution < -0.4 is 0 Å². The summed E-state index contributed by atoms with van der Waals surface area (Å²) in [7, 11) is -6.40. The average molecular weight is 304 g/mol. The normalized spacial score (nSPS) is 11.9. The summed E-state index contributed by atoms with van der Waals surface area (Å²) in [5.74, 6) is 0. The van der Waals surface area contributed by atoms with Gasteiger partial charge in [-0.15, -0.1) is 0 Å². The zero-order chi connectivity index (χ0) is 14.3. The molecule has 0 aliphatic heterocycles. The number of rotatable bonds is 2. The fourth-order valence-electron chi connectivity index (χ4n) is 0.700. The largest absolute Gasteiger partial charge is 0.326 e. The van der Waals surface area contributed by atoms with Crippen LogP contribution in [0.25, 0.3) is 0 Å². The summed E-state index contributed by atoms with van der Waals surface area (Å²) >= 11 is 0. The van der Waals surface area contributed by atoms with E-state index in [0.29, 0.717) is 0 Å². The van der Waals surface area contributed by atoms with Crippen LogP contribution in [0.2, 0.25) is 0 Å². The van der Waals surface area contributed by atoms with Crippen molar-refractivity contribution >= 4 is 16.5 Å². The van der Waals surface area contributed by atoms with E-state index in [2.05, 4.69) is 14.3 Å². The summed E-state index contributed by atoms with van der Waals surface area (Å²) < 4.78 is 22.3. The number of nitrogens with zero attached hydrogens (tertiary/aromatic N) is 2. The first-order valence-electron chi connectivity index (χ1n) is 4.96. The molecule has 2 aromatic rings. The lowest BCUT2D eigenvalue weighted by molar-refractivity contribution is 0.371. The lowest BCUT2D eigenvalue weighted by Gasteiger charge is -1.86. The Labute approximate surface area is 111 Å². The van der Waals surface area contributed by atoms with Crippen molar-refractivity contribution in [2.24, 2.45) is 0 Å². The molecule has 2 heterocycles. The van der Waals surface area contributed by atoms with Crippen LogP contribution in [0, 0.1) is 0 Å². The molecular formula is C10H14N2O5P2. The fourth-order valence-corrected chi connectivity index (χ4v) is 1.30. The van der Waals surface area contributed by atoms with E-state index >= 15 is 0 Å². The molecular weight excluding hydrogens is 290 g/mol. The van der Waals surface area contributed by atoms with Crippen LogP contribution in [0.15, 0.2) is 61.2 Å². The van der Waals surface area contributed by atoms with Crippen LogP contribution in [0.4, 0.5) is 0 Å². The van der Waals surface area contributed by atoms with Gasteiger partial charge in [0.2, 0.25) is 0 Å². The molecule has 9 heteroatoms. The topological polar surface area (TPSA) is 110 Å². The van der Waals surface area contributed by atoms with Gasteiger partial charge >= 0.3 is 16.5 Å². The molecule has 0 bridgehead atoms. The van der Waals surface area contributed by atoms with Gasteiger partial charge in [0.15, 0.2) is 0 Å². The van der Waals surface area contributed by atoms with Gasteiger partial charge in [-0.05, 0) is 24.3 Å². The minimum absolute atomic E-state index is 1.75. The minimum atomic E-state index is -3.20. The lowest BCUT2D eigenvalue weighted by atomic mass is 10.5. The van der Waals surface area contributed by atoms with Gasteiger partial charge in [0.05, 0.1) is 0 Å². The highest BCUT2D eigenvalue weighted by atomic mass is 31.2. The Hall–Kier alpha value is -1.36. The molecule has 2 N–H and O–H groups in total. The van der Waals surface area contributed by atoms with Crippen molar-refractivity contribution < 1.29 is 23.2 Å². The van der Waals surface area contributed by atoms with Gasteiger partial charge in [0.1, 0.15) is 0 Å². The molecule has 0 saturated carbocycles. The van der Waals surface area contributed by atoms with E-state index in [1.54, 1.807) is 24.8 Å². The smallest absolute Gasteiger partial charge is 0.323 e. The molecule has 2 rings (SSSR count). The molecule has 0 aliphatic rings. The monoisotopic (exact) mass is 304 g/mol. The van der Waals surface area contributed by atoms with Crippen LogP contribution in [-0.4, -0.2) is 19.8 Å². The highest BCUT2D eigenvalue weighted by Gasteiger charge is 1.93. The van der Waals surface area contributed by atoms with Crippen LogP contribution in [0.1, 0.15) is 0 Å². The van der Waals surface area contributed by atoms with Crippen molar-refractivity contribution in [3.8, 4) is 0 Å². The van der Waals surface area contributed by atoms with Crippen molar-refractivity contribution in [1.82, 2.24) is 9.97 Å². The maximum absolute atomic E-state index is 9.44. The summed E-state index contributed by atoms with van der Waals surface area (Å²) in [5, 5.41) is 0. The molecule has 0 amide bonds. The van der Waals surface area contributed by atoms with E-state index < -0.39 is 16.5 Å². The molecule has 0 aliphatic carbocycles. The Kier molecular flexibility index (Phi) is 12.1. The number of hydrogen-bond donors (Lipinski definition) is 2. The first kappa shape index (κ1) is 17.6. The average Bonchev–Trinajstić information content (AvgIpc) is 2.42. The molecule has 19 heavy (non-hydrogen) atoms. The summed E-state index contributed by atoms with van der Waals surface area (Å²) in [5.41, 5.74) is 0. The van der Waals surface area contributed by atoms with E-state index in [9.17, 15) is 9.13 Å². The van der Waals surface area contributed by atoms with E-state index in [0.717, 1.165) is 0 Å². The van der Waals surface area contributed by atoms with Gasteiger partial charge < -0.3 is 9.79 Å². The summed E-state index contributed by atoms with van der Waals surface area (Å²) in [6.07, 6.45) is 7.00. The van der Waals surface area contributed by atoms with Crippen LogP contribution in [0.3, 0.4) is 0 Å². The lowest BCUT2D eigenvalue weighted by Crippen LogP contribution is -1.58. The van der Waals surface area contributed by atoms with Gasteiger partial charge in [-0.2, -0.15) is 0 Å². The van der Waals surface area contributed by atoms with Crippen molar-refractivity contribution in [2.45, 2.75) is 0 Å². The quantitative estimate of drug-likeness (QED) is 0.816. The van der Waals surface area contributed by atoms with Crippen molar-refractivity contribution in [3.05, 3.63) is 61.2 Å². The molecule has 2 atom stereocenters. The van der Waals surface area contributed by atoms with E-state index in [1.165, 1.54) is 0 Å². The highest BCUT2D eigenvalue weighted by molar-refractivity contribution is 7.46. The van der Waals surface area contributed by atoms with E-state index in [4.69, 9.17) is 9.79 Å². The Balaban J connectivity index is 0.000000256. The molecule has 104 valence electrons. The van der Waals surface area contributed by atoms with Crippen LogP contribution in [-0.2, 0) is 13.4 Å². The van der Waals surface area contributed by atoms with Crippen molar-refractivity contribution in [1.29, 1.82) is 0 Å². The SMILES string of the molecule is O=[PH](O)O[PH](=O)O.c1ccncc1.c1ccncc1. The number of aromatic nitrogens is 2. The van der Waals surface area contributed by atoms with E-state index in [-0.39, 0.29) is 0 Å². The third-order valence-electron chi connectivity index (χ3n) is 1.31. The fraction of sp³-hybridized carbons (Fsp3) is 0. The Morgan fingerprint density at radius 2 is 1.00 bits per heavy atom.